The topological polar surface area (TPSA) is 59.0 Å². The van der Waals surface area contributed by atoms with Crippen LogP contribution in [0.25, 0.3) is 21.5 Å². The molecule has 4 rings (SSSR count). The van der Waals surface area contributed by atoms with E-state index in [0.29, 0.717) is 16.5 Å². The van der Waals surface area contributed by atoms with E-state index >= 15 is 0 Å². The Morgan fingerprint density at radius 2 is 1.86 bits per heavy atom. The minimum Gasteiger partial charge on any atom is -0.342 e. The van der Waals surface area contributed by atoms with E-state index in [2.05, 4.69) is 15.2 Å². The summed E-state index contributed by atoms with van der Waals surface area (Å²) in [7, 11) is 0. The van der Waals surface area contributed by atoms with Crippen molar-refractivity contribution in [3.05, 3.63) is 35.1 Å². The fourth-order valence-electron chi connectivity index (χ4n) is 3.36. The van der Waals surface area contributed by atoms with Crippen molar-refractivity contribution in [1.29, 1.82) is 0 Å². The first-order valence-electron chi connectivity index (χ1n) is 9.42. The second kappa shape index (κ2) is 8.53. The first-order chi connectivity index (χ1) is 13.6. The molecule has 8 heteroatoms. The molecule has 3 heterocycles. The molecule has 0 unspecified atom stereocenters. The number of rotatable bonds is 4. The van der Waals surface area contributed by atoms with Crippen molar-refractivity contribution in [2.45, 2.75) is 37.6 Å². The Hall–Kier alpha value is -2.06. The summed E-state index contributed by atoms with van der Waals surface area (Å²) in [5, 5.41) is 10.3. The van der Waals surface area contributed by atoms with Crippen molar-refractivity contribution in [3.63, 3.8) is 0 Å². The zero-order valence-electron chi connectivity index (χ0n) is 15.7. The van der Waals surface area contributed by atoms with Crippen molar-refractivity contribution in [3.8, 4) is 11.3 Å². The molecular formula is C20H21FN4OS2. The van der Waals surface area contributed by atoms with Crippen molar-refractivity contribution in [2.75, 3.05) is 18.8 Å². The van der Waals surface area contributed by atoms with Crippen molar-refractivity contribution in [1.82, 2.24) is 20.1 Å². The van der Waals surface area contributed by atoms with E-state index in [1.54, 1.807) is 23.5 Å². The van der Waals surface area contributed by atoms with E-state index in [4.69, 9.17) is 0 Å². The molecule has 0 radical (unpaired) electrons. The van der Waals surface area contributed by atoms with Gasteiger partial charge in [-0.25, -0.2) is 9.37 Å². The predicted octanol–water partition coefficient (Wildman–Crippen LogP) is 4.70. The van der Waals surface area contributed by atoms with Gasteiger partial charge in [-0.05, 0) is 44.0 Å². The summed E-state index contributed by atoms with van der Waals surface area (Å²) in [5.41, 5.74) is 2.27. The first kappa shape index (κ1) is 19.3. The van der Waals surface area contributed by atoms with Crippen LogP contribution < -0.4 is 0 Å². The molecule has 1 fully saturated rings. The maximum absolute atomic E-state index is 13.3. The number of thiazole rings is 1. The van der Waals surface area contributed by atoms with Gasteiger partial charge >= 0.3 is 0 Å². The molecule has 1 saturated heterocycles. The third-order valence-electron chi connectivity index (χ3n) is 4.80. The molecule has 0 bridgehead atoms. The number of likely N-dealkylation sites (tertiary alicyclic amines) is 1. The summed E-state index contributed by atoms with van der Waals surface area (Å²) in [6.45, 7) is 3.63. The summed E-state index contributed by atoms with van der Waals surface area (Å²) in [5.74, 6) is 0.208. The second-order valence-electron chi connectivity index (χ2n) is 6.85. The number of hydrogen-bond acceptors (Lipinski definition) is 6. The molecule has 0 spiro atoms. The first-order valence-corrected chi connectivity index (χ1v) is 11.2. The summed E-state index contributed by atoms with van der Waals surface area (Å²) < 4.78 is 14.2. The minimum absolute atomic E-state index is 0.149. The smallest absolute Gasteiger partial charge is 0.232 e. The molecule has 2 aromatic heterocycles. The van der Waals surface area contributed by atoms with Gasteiger partial charge in [0.25, 0.3) is 0 Å². The summed E-state index contributed by atoms with van der Waals surface area (Å²) in [6.07, 6.45) is 4.56. The molecule has 1 aliphatic heterocycles. The van der Waals surface area contributed by atoms with Crippen LogP contribution in [0, 0.1) is 12.7 Å². The Labute approximate surface area is 171 Å². The molecule has 1 aliphatic rings. The average molecular weight is 417 g/mol. The summed E-state index contributed by atoms with van der Waals surface area (Å²) in [6, 6.07) is 6.23. The van der Waals surface area contributed by atoms with Crippen LogP contribution in [0.1, 0.15) is 30.7 Å². The van der Waals surface area contributed by atoms with Crippen LogP contribution in [0.2, 0.25) is 0 Å². The van der Waals surface area contributed by atoms with Gasteiger partial charge in [-0.1, -0.05) is 24.6 Å². The lowest BCUT2D eigenvalue weighted by Gasteiger charge is -2.19. The van der Waals surface area contributed by atoms with Crippen LogP contribution in [-0.2, 0) is 4.79 Å². The van der Waals surface area contributed by atoms with Crippen molar-refractivity contribution in [2.24, 2.45) is 0 Å². The van der Waals surface area contributed by atoms with E-state index in [9.17, 15) is 9.18 Å². The number of fused-ring (bicyclic) bond motifs is 1. The number of nitrogens with zero attached hydrogens (tertiary/aromatic N) is 4. The van der Waals surface area contributed by atoms with Gasteiger partial charge in [0.2, 0.25) is 5.91 Å². The maximum atomic E-state index is 13.3. The molecule has 0 aliphatic carbocycles. The monoisotopic (exact) mass is 416 g/mol. The van der Waals surface area contributed by atoms with Gasteiger partial charge in [0.15, 0.2) is 0 Å². The van der Waals surface area contributed by atoms with E-state index in [1.165, 1.54) is 36.7 Å². The number of halogens is 1. The molecule has 146 valence electrons. The van der Waals surface area contributed by atoms with Gasteiger partial charge in [-0.15, -0.1) is 21.5 Å². The van der Waals surface area contributed by atoms with Gasteiger partial charge in [-0.3, -0.25) is 4.79 Å². The second-order valence-corrected chi connectivity index (χ2v) is 9.02. The highest BCUT2D eigenvalue weighted by Crippen LogP contribution is 2.35. The van der Waals surface area contributed by atoms with Crippen molar-refractivity contribution >= 4 is 39.2 Å². The zero-order valence-corrected chi connectivity index (χ0v) is 17.3. The highest BCUT2D eigenvalue weighted by molar-refractivity contribution is 8.00. The molecule has 1 amide bonds. The largest absolute Gasteiger partial charge is 0.342 e. The number of benzene rings is 1. The maximum Gasteiger partial charge on any atom is 0.232 e. The van der Waals surface area contributed by atoms with Gasteiger partial charge in [0, 0.05) is 18.7 Å². The number of aryl methyl sites for hydroxylation is 1. The van der Waals surface area contributed by atoms with Gasteiger partial charge in [0.05, 0.1) is 15.5 Å². The SMILES string of the molecule is Cc1nc2c(SCC(=O)N3CCCCCC3)nnc(-c3ccc(F)cc3)c2s1. The van der Waals surface area contributed by atoms with Gasteiger partial charge < -0.3 is 4.90 Å². The lowest BCUT2D eigenvalue weighted by atomic mass is 10.1. The zero-order chi connectivity index (χ0) is 19.5. The van der Waals surface area contributed by atoms with Crippen LogP contribution in [0.4, 0.5) is 4.39 Å². The number of hydrogen-bond donors (Lipinski definition) is 0. The lowest BCUT2D eigenvalue weighted by molar-refractivity contribution is -0.128. The number of amides is 1. The number of carbonyl (C=O) groups excluding carboxylic acids is 1. The Bertz CT molecular complexity index is 982. The van der Waals surface area contributed by atoms with Crippen LogP contribution >= 0.6 is 23.1 Å². The van der Waals surface area contributed by atoms with Crippen LogP contribution in [-0.4, -0.2) is 44.8 Å². The Balaban J connectivity index is 1.57. The lowest BCUT2D eigenvalue weighted by Crippen LogP contribution is -2.33. The standard InChI is InChI=1S/C20H21FN4OS2/c1-13-22-18-19(28-13)17(14-6-8-15(21)9-7-14)23-24-20(18)27-12-16(26)25-10-4-2-3-5-11-25/h6-9H,2-5,10-12H2,1H3. The highest BCUT2D eigenvalue weighted by Gasteiger charge is 2.19. The number of thioether (sulfide) groups is 1. The highest BCUT2D eigenvalue weighted by atomic mass is 32.2. The Morgan fingerprint density at radius 3 is 2.57 bits per heavy atom. The quantitative estimate of drug-likeness (QED) is 0.577. The van der Waals surface area contributed by atoms with Crippen molar-refractivity contribution < 1.29 is 9.18 Å². The normalized spacial score (nSPS) is 15.0. The van der Waals surface area contributed by atoms with Gasteiger partial charge in [0.1, 0.15) is 22.1 Å². The number of aromatic nitrogens is 3. The fourth-order valence-corrected chi connectivity index (χ4v) is 5.17. The fraction of sp³-hybridized carbons (Fsp3) is 0.400. The summed E-state index contributed by atoms with van der Waals surface area (Å²) >= 11 is 2.94. The van der Waals surface area contributed by atoms with E-state index in [1.807, 2.05) is 11.8 Å². The summed E-state index contributed by atoms with van der Waals surface area (Å²) in [4.78, 5) is 19.2. The molecule has 1 aromatic carbocycles. The number of carbonyl (C=O) groups is 1. The van der Waals surface area contributed by atoms with E-state index in [0.717, 1.165) is 46.7 Å². The molecule has 3 aromatic rings. The third-order valence-corrected chi connectivity index (χ3v) is 6.72. The molecule has 5 nitrogen and oxygen atoms in total. The minimum atomic E-state index is -0.285. The molecule has 0 saturated carbocycles. The van der Waals surface area contributed by atoms with E-state index < -0.39 is 0 Å². The molecule has 28 heavy (non-hydrogen) atoms. The van der Waals surface area contributed by atoms with E-state index in [-0.39, 0.29) is 11.7 Å². The Kier molecular flexibility index (Phi) is 5.87. The predicted molar refractivity (Wildman–Crippen MR) is 111 cm³/mol. The molecular weight excluding hydrogens is 395 g/mol. The molecule has 0 N–H and O–H groups in total. The molecule has 0 atom stereocenters. The average Bonchev–Trinajstić information content (AvgIpc) is 2.91. The van der Waals surface area contributed by atoms with Crippen LogP contribution in [0.15, 0.2) is 29.3 Å². The third kappa shape index (κ3) is 4.17. The van der Waals surface area contributed by atoms with Crippen LogP contribution in [0.3, 0.4) is 0 Å². The van der Waals surface area contributed by atoms with Gasteiger partial charge in [-0.2, -0.15) is 0 Å². The Morgan fingerprint density at radius 1 is 1.14 bits per heavy atom. The van der Waals surface area contributed by atoms with Crippen LogP contribution in [0.5, 0.6) is 0 Å².